The van der Waals surface area contributed by atoms with Gasteiger partial charge in [-0.1, -0.05) is 15.9 Å². The largest absolute Gasteiger partial charge is 0.444 e. The van der Waals surface area contributed by atoms with Gasteiger partial charge in [0.25, 0.3) is 0 Å². The highest BCUT2D eigenvalue weighted by atomic mass is 79.9. The van der Waals surface area contributed by atoms with Gasteiger partial charge < -0.3 is 20.7 Å². The lowest BCUT2D eigenvalue weighted by Crippen LogP contribution is -2.39. The fraction of sp³-hybridized carbons (Fsp3) is 0.429. The molecule has 1 aromatic rings. The third-order valence-corrected chi connectivity index (χ3v) is 2.96. The molecule has 1 rings (SSSR count). The van der Waals surface area contributed by atoms with Gasteiger partial charge in [-0.05, 0) is 57.3 Å². The average molecular weight is 374 g/mol. The van der Waals surface area contributed by atoms with E-state index >= 15 is 0 Å². The molecule has 0 aromatic heterocycles. The fourth-order valence-electron chi connectivity index (χ4n) is 1.36. The second kappa shape index (κ2) is 8.19. The van der Waals surface area contributed by atoms with E-state index in [-0.39, 0.29) is 0 Å². The summed E-state index contributed by atoms with van der Waals surface area (Å²) >= 11 is 8.53. The molecule has 0 aliphatic rings. The quantitative estimate of drug-likeness (QED) is 0.558. The molecule has 0 saturated heterocycles. The Morgan fingerprint density at radius 2 is 1.76 bits per heavy atom. The van der Waals surface area contributed by atoms with E-state index in [4.69, 9.17) is 17.0 Å². The molecule has 7 heteroatoms. The number of amides is 1. The standard InChI is InChI=1S/C14H20BrN3O2S/c1-14(2,3)20-13(19)17-9-8-16-12(21)18-11-6-4-10(15)5-7-11/h4-7H,8-9H2,1-3H3,(H,17,19)(H2,16,18,21). The van der Waals surface area contributed by atoms with Gasteiger partial charge >= 0.3 is 6.09 Å². The number of anilines is 1. The monoisotopic (exact) mass is 373 g/mol. The Bertz CT molecular complexity index is 486. The summed E-state index contributed by atoms with van der Waals surface area (Å²) < 4.78 is 6.13. The molecule has 0 heterocycles. The Labute approximate surface area is 139 Å². The van der Waals surface area contributed by atoms with Crippen LogP contribution in [0.3, 0.4) is 0 Å². The first kappa shape index (κ1) is 17.7. The molecule has 0 atom stereocenters. The number of halogens is 1. The number of benzene rings is 1. The molecule has 1 amide bonds. The number of hydrogen-bond acceptors (Lipinski definition) is 3. The molecular formula is C14H20BrN3O2S. The predicted octanol–water partition coefficient (Wildman–Crippen LogP) is 3.26. The molecule has 116 valence electrons. The lowest BCUT2D eigenvalue weighted by Gasteiger charge is -2.19. The van der Waals surface area contributed by atoms with Gasteiger partial charge in [-0.25, -0.2) is 4.79 Å². The van der Waals surface area contributed by atoms with E-state index in [0.29, 0.717) is 18.2 Å². The first-order valence-corrected chi connectivity index (χ1v) is 7.74. The number of nitrogens with one attached hydrogen (secondary N) is 3. The number of hydrogen-bond donors (Lipinski definition) is 3. The normalized spacial score (nSPS) is 10.7. The average Bonchev–Trinajstić information content (AvgIpc) is 2.35. The lowest BCUT2D eigenvalue weighted by molar-refractivity contribution is 0.0529. The molecule has 0 aliphatic carbocycles. The molecule has 0 bridgehead atoms. The molecule has 0 unspecified atom stereocenters. The molecule has 0 fully saturated rings. The van der Waals surface area contributed by atoms with Crippen molar-refractivity contribution in [1.29, 1.82) is 0 Å². The Kier molecular flexibility index (Phi) is 6.91. The summed E-state index contributed by atoms with van der Waals surface area (Å²) in [5.74, 6) is 0. The van der Waals surface area contributed by atoms with Crippen molar-refractivity contribution in [3.63, 3.8) is 0 Å². The molecule has 0 aliphatic heterocycles. The van der Waals surface area contributed by atoms with Crippen LogP contribution in [0.25, 0.3) is 0 Å². The third kappa shape index (κ3) is 8.52. The van der Waals surface area contributed by atoms with Crippen molar-refractivity contribution >= 4 is 45.0 Å². The van der Waals surface area contributed by atoms with Crippen LogP contribution in [0, 0.1) is 0 Å². The fourth-order valence-corrected chi connectivity index (χ4v) is 1.85. The zero-order valence-corrected chi connectivity index (χ0v) is 14.7. The first-order valence-electron chi connectivity index (χ1n) is 6.53. The second-order valence-corrected chi connectivity index (χ2v) is 6.64. The van der Waals surface area contributed by atoms with Gasteiger partial charge in [-0.15, -0.1) is 0 Å². The van der Waals surface area contributed by atoms with E-state index in [1.54, 1.807) is 0 Å². The van der Waals surface area contributed by atoms with Gasteiger partial charge in [0.1, 0.15) is 5.60 Å². The summed E-state index contributed by atoms with van der Waals surface area (Å²) in [6.45, 7) is 6.41. The van der Waals surface area contributed by atoms with Crippen LogP contribution in [0.5, 0.6) is 0 Å². The Hall–Kier alpha value is -1.34. The van der Waals surface area contributed by atoms with Gasteiger partial charge in [-0.3, -0.25) is 0 Å². The van der Waals surface area contributed by atoms with Crippen LogP contribution >= 0.6 is 28.1 Å². The van der Waals surface area contributed by atoms with Crippen molar-refractivity contribution in [2.45, 2.75) is 26.4 Å². The summed E-state index contributed by atoms with van der Waals surface area (Å²) in [6, 6.07) is 7.68. The predicted molar refractivity (Wildman–Crippen MR) is 92.6 cm³/mol. The summed E-state index contributed by atoms with van der Waals surface area (Å²) in [4.78, 5) is 11.4. The maximum atomic E-state index is 11.4. The number of rotatable bonds is 4. The third-order valence-electron chi connectivity index (χ3n) is 2.18. The van der Waals surface area contributed by atoms with Crippen molar-refractivity contribution in [3.05, 3.63) is 28.7 Å². The van der Waals surface area contributed by atoms with Crippen molar-refractivity contribution in [1.82, 2.24) is 10.6 Å². The number of carbonyl (C=O) groups excluding carboxylic acids is 1. The number of alkyl carbamates (subject to hydrolysis) is 1. The summed E-state index contributed by atoms with van der Waals surface area (Å²) in [5.41, 5.74) is 0.409. The van der Waals surface area contributed by atoms with E-state index in [1.807, 2.05) is 45.0 Å². The van der Waals surface area contributed by atoms with E-state index in [2.05, 4.69) is 31.9 Å². The molecule has 0 saturated carbocycles. The van der Waals surface area contributed by atoms with Crippen molar-refractivity contribution < 1.29 is 9.53 Å². The van der Waals surface area contributed by atoms with Gasteiger partial charge in [-0.2, -0.15) is 0 Å². The molecule has 5 nitrogen and oxygen atoms in total. The van der Waals surface area contributed by atoms with E-state index < -0.39 is 11.7 Å². The van der Waals surface area contributed by atoms with Crippen LogP contribution in [-0.4, -0.2) is 29.9 Å². The Morgan fingerprint density at radius 3 is 2.33 bits per heavy atom. The molecular weight excluding hydrogens is 354 g/mol. The van der Waals surface area contributed by atoms with Crippen LogP contribution in [0.2, 0.25) is 0 Å². The molecule has 3 N–H and O–H groups in total. The Morgan fingerprint density at radius 1 is 1.19 bits per heavy atom. The Balaban J connectivity index is 2.19. The number of thiocarbonyl (C=S) groups is 1. The maximum absolute atomic E-state index is 11.4. The van der Waals surface area contributed by atoms with Crippen LogP contribution in [0.15, 0.2) is 28.7 Å². The van der Waals surface area contributed by atoms with Crippen molar-refractivity contribution in [2.75, 3.05) is 18.4 Å². The van der Waals surface area contributed by atoms with Gasteiger partial charge in [0.05, 0.1) is 0 Å². The topological polar surface area (TPSA) is 62.4 Å². The zero-order valence-electron chi connectivity index (χ0n) is 12.3. The number of ether oxygens (including phenoxy) is 1. The van der Waals surface area contributed by atoms with Crippen LogP contribution in [0.1, 0.15) is 20.8 Å². The minimum Gasteiger partial charge on any atom is -0.444 e. The van der Waals surface area contributed by atoms with Gasteiger partial charge in [0, 0.05) is 23.2 Å². The van der Waals surface area contributed by atoms with Crippen molar-refractivity contribution in [3.8, 4) is 0 Å². The highest BCUT2D eigenvalue weighted by molar-refractivity contribution is 9.10. The van der Waals surface area contributed by atoms with E-state index in [9.17, 15) is 4.79 Å². The maximum Gasteiger partial charge on any atom is 0.407 e. The van der Waals surface area contributed by atoms with Gasteiger partial charge in [0.2, 0.25) is 0 Å². The second-order valence-electron chi connectivity index (χ2n) is 5.32. The summed E-state index contributed by atoms with van der Waals surface area (Å²) in [6.07, 6.45) is -0.434. The van der Waals surface area contributed by atoms with Gasteiger partial charge in [0.15, 0.2) is 5.11 Å². The summed E-state index contributed by atoms with van der Waals surface area (Å²) in [7, 11) is 0. The van der Waals surface area contributed by atoms with Crippen LogP contribution in [-0.2, 0) is 4.74 Å². The first-order chi connectivity index (χ1) is 9.76. The highest BCUT2D eigenvalue weighted by Crippen LogP contribution is 2.13. The van der Waals surface area contributed by atoms with E-state index in [0.717, 1.165) is 10.2 Å². The number of carbonyl (C=O) groups is 1. The van der Waals surface area contributed by atoms with Crippen molar-refractivity contribution in [2.24, 2.45) is 0 Å². The molecule has 1 aromatic carbocycles. The molecule has 0 radical (unpaired) electrons. The molecule has 21 heavy (non-hydrogen) atoms. The zero-order chi connectivity index (χ0) is 15.9. The minimum absolute atomic E-state index is 0.428. The SMILES string of the molecule is CC(C)(C)OC(=O)NCCNC(=S)Nc1ccc(Br)cc1. The van der Waals surface area contributed by atoms with E-state index in [1.165, 1.54) is 0 Å². The molecule has 0 spiro atoms. The highest BCUT2D eigenvalue weighted by Gasteiger charge is 2.15. The minimum atomic E-state index is -0.490. The summed E-state index contributed by atoms with van der Waals surface area (Å²) in [5, 5.41) is 9.21. The lowest BCUT2D eigenvalue weighted by atomic mass is 10.2. The van der Waals surface area contributed by atoms with Crippen LogP contribution < -0.4 is 16.0 Å². The smallest absolute Gasteiger partial charge is 0.407 e. The van der Waals surface area contributed by atoms with Crippen LogP contribution in [0.4, 0.5) is 10.5 Å².